The van der Waals surface area contributed by atoms with Crippen LogP contribution in [0.1, 0.15) is 91.4 Å². The van der Waals surface area contributed by atoms with Crippen molar-refractivity contribution in [1.82, 2.24) is 0 Å². The van der Waals surface area contributed by atoms with Gasteiger partial charge in [-0.25, -0.2) is 0 Å². The Hall–Kier alpha value is 0.0900. The van der Waals surface area contributed by atoms with Gasteiger partial charge in [0.05, 0.1) is 0 Å². The lowest BCUT2D eigenvalue weighted by Gasteiger charge is -2.03. The molecule has 0 amide bonds. The van der Waals surface area contributed by atoms with Gasteiger partial charge in [0.1, 0.15) is 0 Å². The number of rotatable bonds is 13. The van der Waals surface area contributed by atoms with Gasteiger partial charge in [-0.3, -0.25) is 0 Å². The van der Waals surface area contributed by atoms with Crippen LogP contribution in [0.3, 0.4) is 0 Å². The molecule has 0 bridgehead atoms. The van der Waals surface area contributed by atoms with Gasteiger partial charge in [-0.15, -0.1) is 11.8 Å². The smallest absolute Gasteiger partial charge is 0.00518 e. The number of hydrogen-bond acceptors (Lipinski definition) is 1. The molecule has 18 heavy (non-hydrogen) atoms. The van der Waals surface area contributed by atoms with Crippen molar-refractivity contribution < 1.29 is 0 Å². The van der Waals surface area contributed by atoms with Crippen LogP contribution in [0.25, 0.3) is 0 Å². The normalized spacial score (nSPS) is 12.1. The van der Waals surface area contributed by atoms with Gasteiger partial charge in [-0.1, -0.05) is 78.2 Å². The van der Waals surface area contributed by atoms with Gasteiger partial charge in [0.2, 0.25) is 0 Å². The van der Waals surface area contributed by atoms with E-state index in [4.69, 9.17) is 0 Å². The molecule has 0 saturated carbocycles. The van der Waals surface area contributed by atoms with E-state index in [-0.39, 0.29) is 0 Å². The van der Waals surface area contributed by atoms with Crippen molar-refractivity contribution in [1.29, 1.82) is 0 Å². The maximum atomic E-state index is 2.47. The summed E-state index contributed by atoms with van der Waals surface area (Å²) in [5.41, 5.74) is 0. The van der Waals surface area contributed by atoms with Crippen LogP contribution in [-0.2, 0) is 0 Å². The van der Waals surface area contributed by atoms with Crippen LogP contribution in [0.5, 0.6) is 0 Å². The third-order valence-corrected chi connectivity index (χ3v) is 4.47. The molecule has 0 heterocycles. The minimum Gasteiger partial charge on any atom is -0.131 e. The molecular formula is C17H34S. The first-order valence-corrected chi connectivity index (χ1v) is 9.15. The van der Waals surface area contributed by atoms with Gasteiger partial charge in [-0.2, -0.15) is 0 Å². The molecule has 108 valence electrons. The van der Waals surface area contributed by atoms with Crippen LogP contribution >= 0.6 is 11.8 Å². The maximum Gasteiger partial charge on any atom is -0.00518 e. The Morgan fingerprint density at radius 3 is 1.83 bits per heavy atom. The molecule has 0 N–H and O–H groups in total. The van der Waals surface area contributed by atoms with Gasteiger partial charge in [0.25, 0.3) is 0 Å². The van der Waals surface area contributed by atoms with Gasteiger partial charge in [0.15, 0.2) is 0 Å². The minimum atomic E-state index is 1.22. The zero-order valence-electron chi connectivity index (χ0n) is 13.0. The number of hydrogen-bond donors (Lipinski definition) is 0. The van der Waals surface area contributed by atoms with Crippen LogP contribution in [0.15, 0.2) is 11.0 Å². The third-order valence-electron chi connectivity index (χ3n) is 3.36. The highest BCUT2D eigenvalue weighted by Gasteiger charge is 1.94. The standard InChI is InChI=1S/C17H34S/c1-4-7-8-9-10-11-12-13-14-15-16-17(5-2)18-6-3/h16H,4-15H2,1-3H3/b17-16+. The summed E-state index contributed by atoms with van der Waals surface area (Å²) in [5.74, 6) is 1.22. The molecular weight excluding hydrogens is 236 g/mol. The highest BCUT2D eigenvalue weighted by atomic mass is 32.2. The molecule has 0 aromatic rings. The molecule has 0 aliphatic rings. The van der Waals surface area contributed by atoms with E-state index in [2.05, 4.69) is 26.8 Å². The first kappa shape index (κ1) is 18.1. The number of unbranched alkanes of at least 4 members (excludes halogenated alkanes) is 9. The highest BCUT2D eigenvalue weighted by Crippen LogP contribution is 2.20. The van der Waals surface area contributed by atoms with E-state index in [9.17, 15) is 0 Å². The Bertz CT molecular complexity index is 184. The average Bonchev–Trinajstić information content (AvgIpc) is 2.39. The van der Waals surface area contributed by atoms with Crippen LogP contribution in [-0.4, -0.2) is 5.75 Å². The Morgan fingerprint density at radius 1 is 0.778 bits per heavy atom. The average molecular weight is 271 g/mol. The minimum absolute atomic E-state index is 1.22. The van der Waals surface area contributed by atoms with Crippen molar-refractivity contribution in [3.63, 3.8) is 0 Å². The lowest BCUT2D eigenvalue weighted by molar-refractivity contribution is 0.566. The van der Waals surface area contributed by atoms with Gasteiger partial charge in [-0.05, 0) is 29.9 Å². The van der Waals surface area contributed by atoms with Crippen LogP contribution in [0, 0.1) is 0 Å². The number of allylic oxidation sites excluding steroid dienone is 2. The van der Waals surface area contributed by atoms with E-state index in [1.807, 2.05) is 11.8 Å². The van der Waals surface area contributed by atoms with Crippen molar-refractivity contribution >= 4 is 11.8 Å². The molecule has 0 saturated heterocycles. The Balaban J connectivity index is 3.24. The van der Waals surface area contributed by atoms with E-state index in [1.165, 1.54) is 76.4 Å². The summed E-state index contributed by atoms with van der Waals surface area (Å²) in [6.45, 7) is 6.80. The van der Waals surface area contributed by atoms with Gasteiger partial charge < -0.3 is 0 Å². The summed E-state index contributed by atoms with van der Waals surface area (Å²) < 4.78 is 0. The second-order valence-electron chi connectivity index (χ2n) is 5.07. The molecule has 0 aliphatic carbocycles. The van der Waals surface area contributed by atoms with Crippen LogP contribution in [0.2, 0.25) is 0 Å². The van der Waals surface area contributed by atoms with E-state index in [0.29, 0.717) is 0 Å². The molecule has 0 aliphatic heterocycles. The molecule has 0 spiro atoms. The second-order valence-corrected chi connectivity index (χ2v) is 6.46. The molecule has 0 aromatic carbocycles. The van der Waals surface area contributed by atoms with Crippen molar-refractivity contribution in [2.75, 3.05) is 5.75 Å². The molecule has 0 aromatic heterocycles. The summed E-state index contributed by atoms with van der Waals surface area (Å²) in [6, 6.07) is 0. The predicted octanol–water partition coefficient (Wildman–Crippen LogP) is 6.95. The Kier molecular flexibility index (Phi) is 15.2. The first-order valence-electron chi connectivity index (χ1n) is 8.16. The van der Waals surface area contributed by atoms with Crippen molar-refractivity contribution in [3.8, 4) is 0 Å². The Labute approximate surface area is 120 Å². The molecule has 0 unspecified atom stereocenters. The molecule has 0 fully saturated rings. The second kappa shape index (κ2) is 15.1. The predicted molar refractivity (Wildman–Crippen MR) is 88.4 cm³/mol. The molecule has 1 heteroatoms. The highest BCUT2D eigenvalue weighted by molar-refractivity contribution is 8.03. The van der Waals surface area contributed by atoms with Gasteiger partial charge in [0, 0.05) is 0 Å². The van der Waals surface area contributed by atoms with Crippen molar-refractivity contribution in [3.05, 3.63) is 11.0 Å². The van der Waals surface area contributed by atoms with Crippen molar-refractivity contribution in [2.24, 2.45) is 0 Å². The van der Waals surface area contributed by atoms with E-state index in [0.717, 1.165) is 0 Å². The first-order chi connectivity index (χ1) is 8.85. The fourth-order valence-corrected chi connectivity index (χ4v) is 3.02. The lowest BCUT2D eigenvalue weighted by atomic mass is 10.1. The molecule has 0 rings (SSSR count). The summed E-state index contributed by atoms with van der Waals surface area (Å²) >= 11 is 2.02. The van der Waals surface area contributed by atoms with E-state index in [1.54, 1.807) is 4.91 Å². The molecule has 0 atom stereocenters. The fraction of sp³-hybridized carbons (Fsp3) is 0.882. The number of thioether (sulfide) groups is 1. The zero-order valence-corrected chi connectivity index (χ0v) is 13.8. The quantitative estimate of drug-likeness (QED) is 0.326. The van der Waals surface area contributed by atoms with E-state index >= 15 is 0 Å². The summed E-state index contributed by atoms with van der Waals surface area (Å²) in [7, 11) is 0. The topological polar surface area (TPSA) is 0 Å². The Morgan fingerprint density at radius 2 is 1.33 bits per heavy atom. The molecule has 0 nitrogen and oxygen atoms in total. The fourth-order valence-electron chi connectivity index (χ4n) is 2.21. The summed E-state index contributed by atoms with van der Waals surface area (Å²) in [4.78, 5) is 1.59. The van der Waals surface area contributed by atoms with Crippen LogP contribution < -0.4 is 0 Å². The van der Waals surface area contributed by atoms with Crippen LogP contribution in [0.4, 0.5) is 0 Å². The maximum absolute atomic E-state index is 2.47. The lowest BCUT2D eigenvalue weighted by Crippen LogP contribution is -1.82. The van der Waals surface area contributed by atoms with Gasteiger partial charge >= 0.3 is 0 Å². The molecule has 0 radical (unpaired) electrons. The summed E-state index contributed by atoms with van der Waals surface area (Å²) in [5, 5.41) is 0. The monoisotopic (exact) mass is 270 g/mol. The summed E-state index contributed by atoms with van der Waals surface area (Å²) in [6.07, 6.45) is 17.9. The zero-order chi connectivity index (χ0) is 13.5. The van der Waals surface area contributed by atoms with E-state index < -0.39 is 0 Å². The third kappa shape index (κ3) is 12.5. The largest absolute Gasteiger partial charge is 0.131 e. The van der Waals surface area contributed by atoms with Crippen molar-refractivity contribution in [2.45, 2.75) is 91.4 Å². The SMILES string of the molecule is CCCCCCCCCCC/C=C(\CC)SCC.